The number of nitrogens with zero attached hydrogens (tertiary/aromatic N) is 2. The van der Waals surface area contributed by atoms with Crippen molar-refractivity contribution in [2.45, 2.75) is 6.92 Å². The molecule has 0 amide bonds. The Kier molecular flexibility index (Phi) is 2.08. The number of halogens is 1. The first kappa shape index (κ1) is 8.94. The molecule has 0 spiro atoms. The lowest BCUT2D eigenvalue weighted by Gasteiger charge is -2.04. The topological polar surface area (TPSA) is 8.81 Å². The van der Waals surface area contributed by atoms with Crippen molar-refractivity contribution in [2.24, 2.45) is 7.05 Å². The third kappa shape index (κ3) is 1.53. The molecular formula is C11H11FN2. The number of hydrogen-bond acceptors (Lipinski definition) is 0. The van der Waals surface area contributed by atoms with Crippen molar-refractivity contribution in [3.8, 4) is 5.69 Å². The Balaban J connectivity index is 2.52. The molecule has 2 aromatic rings. The van der Waals surface area contributed by atoms with E-state index in [1.165, 1.54) is 6.07 Å². The van der Waals surface area contributed by atoms with Gasteiger partial charge in [-0.05, 0) is 18.6 Å². The number of benzene rings is 1. The lowest BCUT2D eigenvalue weighted by molar-refractivity contribution is -0.674. The van der Waals surface area contributed by atoms with E-state index in [0.717, 1.165) is 5.56 Å². The molecule has 0 saturated heterocycles. The molecular weight excluding hydrogens is 179 g/mol. The summed E-state index contributed by atoms with van der Waals surface area (Å²) in [6.45, 7) is 1.87. The smallest absolute Gasteiger partial charge is 0.243 e. The fraction of sp³-hybridized carbons (Fsp3) is 0.182. The molecule has 3 heteroatoms. The summed E-state index contributed by atoms with van der Waals surface area (Å²) in [4.78, 5) is 0. The molecule has 0 aliphatic rings. The molecule has 0 unspecified atom stereocenters. The minimum Gasteiger partial charge on any atom is -0.324 e. The second-order valence-electron chi connectivity index (χ2n) is 3.33. The molecule has 0 radical (unpaired) electrons. The van der Waals surface area contributed by atoms with Crippen LogP contribution in [0.5, 0.6) is 0 Å². The van der Waals surface area contributed by atoms with Gasteiger partial charge in [0.2, 0.25) is 6.33 Å². The third-order valence-electron chi connectivity index (χ3n) is 2.07. The summed E-state index contributed by atoms with van der Waals surface area (Å²) in [5.41, 5.74) is 1.44. The highest BCUT2D eigenvalue weighted by Gasteiger charge is 2.03. The Bertz CT molecular complexity index is 460. The number of imidazole rings is 1. The van der Waals surface area contributed by atoms with Gasteiger partial charge in [0, 0.05) is 12.4 Å². The fourth-order valence-corrected chi connectivity index (χ4v) is 1.34. The Morgan fingerprint density at radius 1 is 1.43 bits per heavy atom. The second kappa shape index (κ2) is 3.25. The fourth-order valence-electron chi connectivity index (χ4n) is 1.34. The van der Waals surface area contributed by atoms with Gasteiger partial charge in [0.15, 0.2) is 0 Å². The van der Waals surface area contributed by atoms with Crippen LogP contribution in [-0.2, 0) is 7.05 Å². The summed E-state index contributed by atoms with van der Waals surface area (Å²) in [6, 6.07) is 5.15. The molecule has 1 aromatic carbocycles. The van der Waals surface area contributed by atoms with Gasteiger partial charge >= 0.3 is 0 Å². The van der Waals surface area contributed by atoms with E-state index in [9.17, 15) is 4.39 Å². The van der Waals surface area contributed by atoms with Gasteiger partial charge in [-0.15, -0.1) is 0 Å². The van der Waals surface area contributed by atoms with Gasteiger partial charge in [-0.2, -0.15) is 0 Å². The predicted molar refractivity (Wildman–Crippen MR) is 50.5 cm³/mol. The van der Waals surface area contributed by atoms with Crippen molar-refractivity contribution in [2.75, 3.05) is 0 Å². The van der Waals surface area contributed by atoms with E-state index in [2.05, 4.69) is 6.33 Å². The van der Waals surface area contributed by atoms with Gasteiger partial charge < -0.3 is 9.13 Å². The van der Waals surface area contributed by atoms with Crippen LogP contribution in [0.15, 0.2) is 30.6 Å². The molecule has 2 nitrogen and oxygen atoms in total. The van der Waals surface area contributed by atoms with Crippen molar-refractivity contribution < 1.29 is 8.96 Å². The van der Waals surface area contributed by atoms with Gasteiger partial charge in [0.25, 0.3) is 0 Å². The third-order valence-corrected chi connectivity index (χ3v) is 2.07. The monoisotopic (exact) mass is 190 g/mol. The first-order valence-corrected chi connectivity index (χ1v) is 4.39. The van der Waals surface area contributed by atoms with Crippen LogP contribution in [0, 0.1) is 19.1 Å². The number of rotatable bonds is 1. The lowest BCUT2D eigenvalue weighted by Crippen LogP contribution is -2.24. The van der Waals surface area contributed by atoms with Crippen LogP contribution in [0.2, 0.25) is 0 Å². The maximum atomic E-state index is 13.5. The molecule has 0 saturated carbocycles. The maximum Gasteiger partial charge on any atom is 0.243 e. The molecule has 1 aromatic heterocycles. The Hall–Kier alpha value is -1.64. The molecule has 0 aliphatic heterocycles. The first-order valence-electron chi connectivity index (χ1n) is 4.39. The molecule has 72 valence electrons. The highest BCUT2D eigenvalue weighted by atomic mass is 19.1. The SMILES string of the molecule is Cc1ccc(-n2[c-][n+](C)cc2)c(F)c1. The number of aryl methyl sites for hydroxylation is 2. The van der Waals surface area contributed by atoms with Gasteiger partial charge in [0.1, 0.15) is 5.82 Å². The number of aromatic nitrogens is 2. The standard InChI is InChI=1S/C11H11FN2/c1-9-3-4-11(10(12)7-9)14-6-5-13(2)8-14/h3-7H,1-2H3. The summed E-state index contributed by atoms with van der Waals surface area (Å²) in [5.74, 6) is -0.225. The zero-order chi connectivity index (χ0) is 10.1. The Morgan fingerprint density at radius 2 is 2.21 bits per heavy atom. The highest BCUT2D eigenvalue weighted by Crippen LogP contribution is 2.13. The van der Waals surface area contributed by atoms with Crippen molar-refractivity contribution in [1.82, 2.24) is 4.57 Å². The highest BCUT2D eigenvalue weighted by molar-refractivity contribution is 5.35. The van der Waals surface area contributed by atoms with Crippen LogP contribution in [0.1, 0.15) is 5.56 Å². The van der Waals surface area contributed by atoms with Gasteiger partial charge in [0.05, 0.1) is 12.7 Å². The van der Waals surface area contributed by atoms with E-state index in [1.807, 2.05) is 26.2 Å². The zero-order valence-electron chi connectivity index (χ0n) is 8.16. The quantitative estimate of drug-likeness (QED) is 0.476. The molecule has 0 N–H and O–H groups in total. The molecule has 14 heavy (non-hydrogen) atoms. The summed E-state index contributed by atoms with van der Waals surface area (Å²) < 4.78 is 16.9. The molecule has 2 rings (SSSR count). The van der Waals surface area contributed by atoms with E-state index in [0.29, 0.717) is 5.69 Å². The Morgan fingerprint density at radius 3 is 2.79 bits per heavy atom. The number of hydrogen-bond donors (Lipinski definition) is 0. The van der Waals surface area contributed by atoms with Crippen molar-refractivity contribution >= 4 is 0 Å². The van der Waals surface area contributed by atoms with Gasteiger partial charge in [-0.25, -0.2) is 4.39 Å². The van der Waals surface area contributed by atoms with Crippen LogP contribution in [0.3, 0.4) is 0 Å². The van der Waals surface area contributed by atoms with Crippen molar-refractivity contribution in [3.05, 3.63) is 48.3 Å². The summed E-state index contributed by atoms with van der Waals surface area (Å²) >= 11 is 0. The average Bonchev–Trinajstić information content (AvgIpc) is 2.51. The largest absolute Gasteiger partial charge is 0.324 e. The van der Waals surface area contributed by atoms with Crippen LogP contribution in [0.4, 0.5) is 4.39 Å². The molecule has 1 heterocycles. The van der Waals surface area contributed by atoms with Gasteiger partial charge in [-0.1, -0.05) is 12.1 Å². The summed E-state index contributed by atoms with van der Waals surface area (Å²) in [7, 11) is 1.85. The lowest BCUT2D eigenvalue weighted by atomic mass is 10.2. The maximum absolute atomic E-state index is 13.5. The average molecular weight is 190 g/mol. The Labute approximate surface area is 82.2 Å². The minimum atomic E-state index is -0.225. The van der Waals surface area contributed by atoms with Crippen LogP contribution < -0.4 is 4.57 Å². The van der Waals surface area contributed by atoms with E-state index in [4.69, 9.17) is 0 Å². The van der Waals surface area contributed by atoms with Crippen LogP contribution in [-0.4, -0.2) is 4.57 Å². The molecule has 0 atom stereocenters. The van der Waals surface area contributed by atoms with Crippen molar-refractivity contribution in [3.63, 3.8) is 0 Å². The van der Waals surface area contributed by atoms with Crippen LogP contribution in [0.25, 0.3) is 5.69 Å². The molecule has 0 bridgehead atoms. The van der Waals surface area contributed by atoms with E-state index in [-0.39, 0.29) is 5.82 Å². The van der Waals surface area contributed by atoms with Crippen molar-refractivity contribution in [1.29, 1.82) is 0 Å². The first-order chi connectivity index (χ1) is 6.66. The van der Waals surface area contributed by atoms with E-state index in [1.54, 1.807) is 21.4 Å². The summed E-state index contributed by atoms with van der Waals surface area (Å²) in [5, 5.41) is 0. The minimum absolute atomic E-state index is 0.225. The van der Waals surface area contributed by atoms with E-state index < -0.39 is 0 Å². The predicted octanol–water partition coefficient (Wildman–Crippen LogP) is 1.55. The van der Waals surface area contributed by atoms with Crippen LogP contribution >= 0.6 is 0 Å². The molecule has 0 aliphatic carbocycles. The normalized spacial score (nSPS) is 10.5. The zero-order valence-corrected chi connectivity index (χ0v) is 8.16. The molecule has 0 fully saturated rings. The van der Waals surface area contributed by atoms with E-state index >= 15 is 0 Å². The summed E-state index contributed by atoms with van der Waals surface area (Å²) in [6.07, 6.45) is 6.54. The second-order valence-corrected chi connectivity index (χ2v) is 3.33. The van der Waals surface area contributed by atoms with Gasteiger partial charge in [-0.3, -0.25) is 0 Å².